The quantitative estimate of drug-likeness (QED) is 0.737. The minimum Gasteiger partial charge on any atom is -0.465 e. The molecular formula is C18H19F2N3O4S. The fourth-order valence-electron chi connectivity index (χ4n) is 3.05. The predicted molar refractivity (Wildman–Crippen MR) is 101 cm³/mol. The average molecular weight is 411 g/mol. The second-order valence-electron chi connectivity index (χ2n) is 6.31. The third-order valence-electron chi connectivity index (χ3n) is 4.45. The number of fused-ring (bicyclic) bond motifs is 1. The summed E-state index contributed by atoms with van der Waals surface area (Å²) in [6.07, 6.45) is -0.260. The van der Waals surface area contributed by atoms with Crippen molar-refractivity contribution in [3.05, 3.63) is 54.1 Å². The number of nitrogens with zero attached hydrogens (tertiary/aromatic N) is 3. The maximum atomic E-state index is 14.3. The Morgan fingerprint density at radius 1 is 1.04 bits per heavy atom. The van der Waals surface area contributed by atoms with Crippen LogP contribution < -0.4 is 8.61 Å². The second kappa shape index (κ2) is 7.63. The van der Waals surface area contributed by atoms with Crippen LogP contribution in [0.1, 0.15) is 12.8 Å². The van der Waals surface area contributed by atoms with E-state index in [1.54, 1.807) is 18.2 Å². The molecule has 1 aliphatic rings. The van der Waals surface area contributed by atoms with E-state index in [9.17, 15) is 22.0 Å². The van der Waals surface area contributed by atoms with Crippen LogP contribution in [0, 0.1) is 11.6 Å². The lowest BCUT2D eigenvalue weighted by molar-refractivity contribution is 0.155. The number of hydrogen-bond donors (Lipinski definition) is 1. The van der Waals surface area contributed by atoms with Gasteiger partial charge in [0.05, 0.1) is 11.4 Å². The first-order valence-electron chi connectivity index (χ1n) is 8.55. The van der Waals surface area contributed by atoms with Crippen molar-refractivity contribution in [2.24, 2.45) is 0 Å². The van der Waals surface area contributed by atoms with Crippen LogP contribution in [-0.4, -0.2) is 44.7 Å². The van der Waals surface area contributed by atoms with E-state index in [1.807, 2.05) is 0 Å². The summed E-state index contributed by atoms with van der Waals surface area (Å²) in [5.41, 5.74) is -0.172. The Hall–Kier alpha value is -2.88. The molecule has 0 aliphatic carbocycles. The van der Waals surface area contributed by atoms with Crippen LogP contribution in [-0.2, 0) is 10.2 Å². The molecule has 0 fully saturated rings. The number of rotatable bonds is 6. The number of hydrogen-bond acceptors (Lipinski definition) is 3. The van der Waals surface area contributed by atoms with Crippen molar-refractivity contribution in [1.82, 2.24) is 4.90 Å². The molecule has 0 bridgehead atoms. The molecule has 1 N–H and O–H groups in total. The summed E-state index contributed by atoms with van der Waals surface area (Å²) in [6.45, 7) is 0.301. The zero-order valence-corrected chi connectivity index (χ0v) is 15.9. The molecule has 150 valence electrons. The van der Waals surface area contributed by atoms with Gasteiger partial charge >= 0.3 is 16.3 Å². The van der Waals surface area contributed by atoms with E-state index < -0.39 is 33.6 Å². The Labute approximate surface area is 161 Å². The first-order chi connectivity index (χ1) is 13.2. The van der Waals surface area contributed by atoms with Gasteiger partial charge in [-0.25, -0.2) is 17.9 Å². The Bertz CT molecular complexity index is 980. The number of unbranched alkanes of at least 4 members (excludes halogenated alkanes) is 1. The lowest BCUT2D eigenvalue weighted by Crippen LogP contribution is -2.37. The van der Waals surface area contributed by atoms with Crippen LogP contribution in [0.25, 0.3) is 0 Å². The van der Waals surface area contributed by atoms with Crippen LogP contribution in [0.2, 0.25) is 0 Å². The Morgan fingerprint density at radius 2 is 1.64 bits per heavy atom. The number of carboxylic acid groups (broad SMARTS) is 1. The average Bonchev–Trinajstić information content (AvgIpc) is 2.85. The molecule has 1 aliphatic heterocycles. The third kappa shape index (κ3) is 3.47. The van der Waals surface area contributed by atoms with Gasteiger partial charge in [-0.3, -0.25) is 4.31 Å². The van der Waals surface area contributed by atoms with Gasteiger partial charge in [0.2, 0.25) is 0 Å². The Kier molecular flexibility index (Phi) is 5.41. The molecule has 0 radical (unpaired) electrons. The molecule has 2 aromatic rings. The van der Waals surface area contributed by atoms with Gasteiger partial charge < -0.3 is 10.0 Å². The van der Waals surface area contributed by atoms with Gasteiger partial charge in [0.15, 0.2) is 11.6 Å². The van der Waals surface area contributed by atoms with E-state index in [4.69, 9.17) is 5.11 Å². The number of anilines is 3. The molecule has 1 heterocycles. The van der Waals surface area contributed by atoms with Gasteiger partial charge in [0.1, 0.15) is 5.69 Å². The van der Waals surface area contributed by atoms with Crippen molar-refractivity contribution in [3.8, 4) is 0 Å². The highest BCUT2D eigenvalue weighted by Crippen LogP contribution is 2.46. The molecule has 28 heavy (non-hydrogen) atoms. The molecule has 0 unspecified atom stereocenters. The predicted octanol–water partition coefficient (Wildman–Crippen LogP) is 3.56. The minimum absolute atomic E-state index is 0.0549. The van der Waals surface area contributed by atoms with E-state index in [0.717, 1.165) is 21.3 Å². The fraction of sp³-hybridized carbons (Fsp3) is 0.278. The fourth-order valence-corrected chi connectivity index (χ4v) is 4.82. The molecule has 0 saturated carbocycles. The van der Waals surface area contributed by atoms with E-state index in [2.05, 4.69) is 0 Å². The summed E-state index contributed by atoms with van der Waals surface area (Å²) in [4.78, 5) is 11.9. The molecule has 7 nitrogen and oxygen atoms in total. The third-order valence-corrected chi connectivity index (χ3v) is 6.23. The Balaban J connectivity index is 1.91. The number of carbonyl (C=O) groups is 1. The number of para-hydroxylation sites is 3. The zero-order chi connectivity index (χ0) is 20.5. The lowest BCUT2D eigenvalue weighted by Gasteiger charge is -2.22. The van der Waals surface area contributed by atoms with Crippen molar-refractivity contribution < 1.29 is 27.1 Å². The normalized spacial score (nSPS) is 14.8. The summed E-state index contributed by atoms with van der Waals surface area (Å²) in [6, 6.07) is 9.44. The van der Waals surface area contributed by atoms with Crippen LogP contribution >= 0.6 is 0 Å². The molecule has 3 rings (SSSR count). The van der Waals surface area contributed by atoms with E-state index in [1.165, 1.54) is 19.2 Å². The van der Waals surface area contributed by atoms with Gasteiger partial charge in [0, 0.05) is 20.1 Å². The second-order valence-corrected chi connectivity index (χ2v) is 8.02. The molecule has 0 aromatic heterocycles. The Morgan fingerprint density at radius 3 is 2.25 bits per heavy atom. The lowest BCUT2D eigenvalue weighted by atomic mass is 10.2. The van der Waals surface area contributed by atoms with Gasteiger partial charge in [0.25, 0.3) is 0 Å². The van der Waals surface area contributed by atoms with Crippen molar-refractivity contribution in [3.63, 3.8) is 0 Å². The smallest absolute Gasteiger partial charge is 0.407 e. The highest BCUT2D eigenvalue weighted by Gasteiger charge is 2.43. The molecule has 2 aromatic carbocycles. The maximum Gasteiger partial charge on any atom is 0.407 e. The van der Waals surface area contributed by atoms with Crippen LogP contribution in [0.5, 0.6) is 0 Å². The first-order valence-corrected chi connectivity index (χ1v) is 9.95. The van der Waals surface area contributed by atoms with E-state index in [0.29, 0.717) is 22.8 Å². The summed E-state index contributed by atoms with van der Waals surface area (Å²) in [7, 11) is -2.82. The highest BCUT2D eigenvalue weighted by atomic mass is 32.2. The molecule has 0 spiro atoms. The number of benzene rings is 2. The maximum absolute atomic E-state index is 14.3. The number of halogens is 2. The van der Waals surface area contributed by atoms with E-state index >= 15 is 0 Å². The molecule has 0 saturated heterocycles. The van der Waals surface area contributed by atoms with Crippen LogP contribution in [0.3, 0.4) is 0 Å². The molecule has 10 heteroatoms. The van der Waals surface area contributed by atoms with Crippen LogP contribution in [0.15, 0.2) is 42.5 Å². The summed E-state index contributed by atoms with van der Waals surface area (Å²) in [5.74, 6) is -1.97. The monoisotopic (exact) mass is 411 g/mol. The van der Waals surface area contributed by atoms with Crippen molar-refractivity contribution in [2.45, 2.75) is 12.8 Å². The molecular weight excluding hydrogens is 392 g/mol. The van der Waals surface area contributed by atoms with Crippen molar-refractivity contribution in [1.29, 1.82) is 0 Å². The van der Waals surface area contributed by atoms with Gasteiger partial charge in [-0.2, -0.15) is 8.42 Å². The van der Waals surface area contributed by atoms with E-state index in [-0.39, 0.29) is 18.8 Å². The van der Waals surface area contributed by atoms with Crippen LogP contribution in [0.4, 0.5) is 30.6 Å². The summed E-state index contributed by atoms with van der Waals surface area (Å²) >= 11 is 0. The standard InChI is InChI=1S/C18H19F2N3O4S/c1-21(18(24)25)11-4-5-12-22-15-9-2-3-10-16(15)23(28(22,26)27)17-13(19)7-6-8-14(17)20/h2-3,6-10H,4-5,11-12H2,1H3,(H,24,25). The summed E-state index contributed by atoms with van der Waals surface area (Å²) < 4.78 is 56.6. The van der Waals surface area contributed by atoms with Crippen molar-refractivity contribution >= 4 is 33.4 Å². The van der Waals surface area contributed by atoms with Gasteiger partial charge in [-0.15, -0.1) is 0 Å². The first kappa shape index (κ1) is 19.9. The largest absolute Gasteiger partial charge is 0.465 e. The SMILES string of the molecule is CN(CCCCN1c2ccccc2N(c2c(F)cccc2F)S1(=O)=O)C(=O)O. The van der Waals surface area contributed by atoms with Crippen molar-refractivity contribution in [2.75, 3.05) is 28.7 Å². The van der Waals surface area contributed by atoms with Gasteiger partial charge in [-0.05, 0) is 37.1 Å². The minimum atomic E-state index is -4.25. The zero-order valence-electron chi connectivity index (χ0n) is 15.0. The number of amides is 1. The van der Waals surface area contributed by atoms with Gasteiger partial charge in [-0.1, -0.05) is 18.2 Å². The molecule has 0 atom stereocenters. The topological polar surface area (TPSA) is 81.2 Å². The summed E-state index contributed by atoms with van der Waals surface area (Å²) in [5, 5.41) is 8.86. The molecule has 1 amide bonds. The highest BCUT2D eigenvalue weighted by molar-refractivity contribution is 7.95.